The van der Waals surface area contributed by atoms with Gasteiger partial charge < -0.3 is 10.4 Å². The van der Waals surface area contributed by atoms with E-state index < -0.39 is 5.60 Å². The summed E-state index contributed by atoms with van der Waals surface area (Å²) in [6.45, 7) is 6.56. The van der Waals surface area contributed by atoms with Crippen molar-refractivity contribution in [2.45, 2.75) is 32.4 Å². The first kappa shape index (κ1) is 12.9. The molecule has 0 bridgehead atoms. The molecular formula is C12H18INO. The first-order valence-corrected chi connectivity index (χ1v) is 6.21. The summed E-state index contributed by atoms with van der Waals surface area (Å²) in [5, 5.41) is 13.5. The summed E-state index contributed by atoms with van der Waals surface area (Å²) in [5.74, 6) is 0. The van der Waals surface area contributed by atoms with Gasteiger partial charge in [0.1, 0.15) is 0 Å². The molecule has 0 radical (unpaired) electrons. The lowest BCUT2D eigenvalue weighted by atomic mass is 9.96. The van der Waals surface area contributed by atoms with Crippen LogP contribution in [0.15, 0.2) is 24.3 Å². The summed E-state index contributed by atoms with van der Waals surface area (Å²) in [6, 6.07) is 8.37. The van der Waals surface area contributed by atoms with Crippen LogP contribution in [-0.4, -0.2) is 17.7 Å². The molecule has 0 saturated heterocycles. The van der Waals surface area contributed by atoms with Crippen molar-refractivity contribution in [3.8, 4) is 0 Å². The van der Waals surface area contributed by atoms with Crippen LogP contribution in [-0.2, 0) is 5.60 Å². The molecule has 2 N–H and O–H groups in total. The fourth-order valence-electron chi connectivity index (χ4n) is 1.31. The summed E-state index contributed by atoms with van der Waals surface area (Å²) in [6.07, 6.45) is 0. The number of nitrogens with one attached hydrogen (secondary N) is 1. The quantitative estimate of drug-likeness (QED) is 0.836. The van der Waals surface area contributed by atoms with E-state index in [0.29, 0.717) is 12.6 Å². The smallest absolute Gasteiger partial charge is 0.0992 e. The van der Waals surface area contributed by atoms with Crippen molar-refractivity contribution in [2.24, 2.45) is 0 Å². The molecule has 0 fully saturated rings. The van der Waals surface area contributed by atoms with Crippen molar-refractivity contribution in [2.75, 3.05) is 6.54 Å². The van der Waals surface area contributed by atoms with Crippen molar-refractivity contribution in [3.63, 3.8) is 0 Å². The zero-order valence-electron chi connectivity index (χ0n) is 9.42. The Labute approximate surface area is 105 Å². The van der Waals surface area contributed by atoms with E-state index in [-0.39, 0.29) is 0 Å². The lowest BCUT2D eigenvalue weighted by molar-refractivity contribution is 0.0549. The molecule has 1 unspecified atom stereocenters. The monoisotopic (exact) mass is 319 g/mol. The highest BCUT2D eigenvalue weighted by molar-refractivity contribution is 14.1. The highest BCUT2D eigenvalue weighted by atomic mass is 127. The van der Waals surface area contributed by atoms with Crippen LogP contribution in [0.4, 0.5) is 0 Å². The second-order valence-corrected chi connectivity index (χ2v) is 5.56. The minimum absolute atomic E-state index is 0.389. The molecule has 0 saturated carbocycles. The molecule has 1 atom stereocenters. The van der Waals surface area contributed by atoms with E-state index in [0.717, 1.165) is 5.56 Å². The molecule has 3 heteroatoms. The number of halogens is 1. The molecule has 1 aromatic carbocycles. The van der Waals surface area contributed by atoms with Crippen LogP contribution in [0.1, 0.15) is 26.3 Å². The van der Waals surface area contributed by atoms with E-state index in [2.05, 4.69) is 41.8 Å². The Hall–Kier alpha value is -0.130. The van der Waals surface area contributed by atoms with Gasteiger partial charge in [-0.1, -0.05) is 26.0 Å². The molecule has 15 heavy (non-hydrogen) atoms. The molecule has 84 valence electrons. The maximum Gasteiger partial charge on any atom is 0.0992 e. The Morgan fingerprint density at radius 3 is 2.33 bits per heavy atom. The zero-order valence-corrected chi connectivity index (χ0v) is 11.6. The van der Waals surface area contributed by atoms with Gasteiger partial charge in [0.25, 0.3) is 0 Å². The fraction of sp³-hybridized carbons (Fsp3) is 0.500. The average Bonchev–Trinajstić information content (AvgIpc) is 2.16. The predicted molar refractivity (Wildman–Crippen MR) is 71.9 cm³/mol. The predicted octanol–water partition coefficient (Wildman–Crippen LogP) is 2.50. The molecule has 1 rings (SSSR count). The third-order valence-electron chi connectivity index (χ3n) is 2.32. The van der Waals surface area contributed by atoms with E-state index in [4.69, 9.17) is 0 Å². The lowest BCUT2D eigenvalue weighted by Gasteiger charge is -2.25. The van der Waals surface area contributed by atoms with E-state index >= 15 is 0 Å². The van der Waals surface area contributed by atoms with Crippen LogP contribution < -0.4 is 5.32 Å². The van der Waals surface area contributed by atoms with Gasteiger partial charge in [0, 0.05) is 16.2 Å². The third-order valence-corrected chi connectivity index (χ3v) is 3.04. The summed E-state index contributed by atoms with van der Waals surface area (Å²) < 4.78 is 1.18. The molecule has 2 nitrogen and oxygen atoms in total. The maximum absolute atomic E-state index is 10.3. The Bertz CT molecular complexity index is 306. The molecular weight excluding hydrogens is 301 g/mol. The summed E-state index contributed by atoms with van der Waals surface area (Å²) in [4.78, 5) is 0. The fourth-order valence-corrected chi connectivity index (χ4v) is 1.67. The van der Waals surface area contributed by atoms with Gasteiger partial charge in [-0.25, -0.2) is 0 Å². The van der Waals surface area contributed by atoms with Gasteiger partial charge in [0.05, 0.1) is 5.60 Å². The van der Waals surface area contributed by atoms with Gasteiger partial charge in [0.2, 0.25) is 0 Å². The standard InChI is InChI=1S/C12H18INO/c1-9(2)14-8-12(3,15)10-4-6-11(13)7-5-10/h4-7,9,14-15H,8H2,1-3H3. The molecule has 0 aliphatic carbocycles. The molecule has 0 spiro atoms. The van der Waals surface area contributed by atoms with E-state index in [9.17, 15) is 5.11 Å². The molecule has 0 aliphatic rings. The lowest BCUT2D eigenvalue weighted by Crippen LogP contribution is -2.38. The first-order chi connectivity index (χ1) is 6.92. The summed E-state index contributed by atoms with van der Waals surface area (Å²) >= 11 is 2.26. The first-order valence-electron chi connectivity index (χ1n) is 5.13. The molecule has 0 aromatic heterocycles. The molecule has 1 aromatic rings. The van der Waals surface area contributed by atoms with E-state index in [1.165, 1.54) is 3.57 Å². The molecule has 0 aliphatic heterocycles. The molecule has 0 heterocycles. The van der Waals surface area contributed by atoms with Gasteiger partial charge >= 0.3 is 0 Å². The Balaban J connectivity index is 2.72. The second kappa shape index (κ2) is 5.27. The van der Waals surface area contributed by atoms with Crippen molar-refractivity contribution in [1.29, 1.82) is 0 Å². The topological polar surface area (TPSA) is 32.3 Å². The Morgan fingerprint density at radius 1 is 1.33 bits per heavy atom. The number of hydrogen-bond donors (Lipinski definition) is 2. The largest absolute Gasteiger partial charge is 0.384 e. The molecule has 0 amide bonds. The summed E-state index contributed by atoms with van der Waals surface area (Å²) in [7, 11) is 0. The van der Waals surface area contributed by atoms with Gasteiger partial charge in [-0.2, -0.15) is 0 Å². The Kier molecular flexibility index (Phi) is 4.55. The summed E-state index contributed by atoms with van der Waals surface area (Å²) in [5.41, 5.74) is 0.158. The normalized spacial score (nSPS) is 15.3. The van der Waals surface area contributed by atoms with Crippen molar-refractivity contribution in [1.82, 2.24) is 5.32 Å². The Morgan fingerprint density at radius 2 is 1.87 bits per heavy atom. The highest BCUT2D eigenvalue weighted by Gasteiger charge is 2.22. The SMILES string of the molecule is CC(C)NCC(C)(O)c1ccc(I)cc1. The maximum atomic E-state index is 10.3. The number of hydrogen-bond acceptors (Lipinski definition) is 2. The number of aliphatic hydroxyl groups is 1. The number of benzene rings is 1. The highest BCUT2D eigenvalue weighted by Crippen LogP contribution is 2.20. The van der Waals surface area contributed by atoms with Gasteiger partial charge in [-0.3, -0.25) is 0 Å². The van der Waals surface area contributed by atoms with Crippen molar-refractivity contribution < 1.29 is 5.11 Å². The zero-order chi connectivity index (χ0) is 11.5. The number of rotatable bonds is 4. The van der Waals surface area contributed by atoms with Gasteiger partial charge in [-0.05, 0) is 47.2 Å². The van der Waals surface area contributed by atoms with Crippen LogP contribution in [0.5, 0.6) is 0 Å². The van der Waals surface area contributed by atoms with Gasteiger partial charge in [0.15, 0.2) is 0 Å². The van der Waals surface area contributed by atoms with Crippen molar-refractivity contribution in [3.05, 3.63) is 33.4 Å². The van der Waals surface area contributed by atoms with E-state index in [1.807, 2.05) is 31.2 Å². The van der Waals surface area contributed by atoms with Crippen LogP contribution in [0.3, 0.4) is 0 Å². The van der Waals surface area contributed by atoms with Crippen LogP contribution in [0.25, 0.3) is 0 Å². The van der Waals surface area contributed by atoms with Crippen LogP contribution >= 0.6 is 22.6 Å². The van der Waals surface area contributed by atoms with E-state index in [1.54, 1.807) is 0 Å². The van der Waals surface area contributed by atoms with Crippen LogP contribution in [0.2, 0.25) is 0 Å². The second-order valence-electron chi connectivity index (χ2n) is 4.32. The average molecular weight is 319 g/mol. The third kappa shape index (κ3) is 4.09. The minimum atomic E-state index is -0.797. The van der Waals surface area contributed by atoms with Gasteiger partial charge in [-0.15, -0.1) is 0 Å². The minimum Gasteiger partial charge on any atom is -0.384 e. The van der Waals surface area contributed by atoms with Crippen LogP contribution in [0, 0.1) is 3.57 Å². The van der Waals surface area contributed by atoms with Crippen molar-refractivity contribution >= 4 is 22.6 Å².